The molecular weight excluding hydrogens is 300 g/mol. The molecule has 3 nitrogen and oxygen atoms in total. The van der Waals surface area contributed by atoms with Crippen molar-refractivity contribution in [3.63, 3.8) is 0 Å². The summed E-state index contributed by atoms with van der Waals surface area (Å²) < 4.78 is 17.9. The molecule has 0 radical (unpaired) electrons. The van der Waals surface area contributed by atoms with Crippen LogP contribution in [0.15, 0.2) is 72.5 Å². The van der Waals surface area contributed by atoms with Gasteiger partial charge in [0.1, 0.15) is 17.3 Å². The van der Waals surface area contributed by atoms with Gasteiger partial charge in [-0.25, -0.2) is 0 Å². The molecule has 1 atom stereocenters. The Morgan fingerprint density at radius 3 is 2.62 bits per heavy atom. The molecule has 24 heavy (non-hydrogen) atoms. The van der Waals surface area contributed by atoms with Gasteiger partial charge in [-0.2, -0.15) is 0 Å². The van der Waals surface area contributed by atoms with Crippen LogP contribution in [0.2, 0.25) is 0 Å². The number of benzene rings is 2. The molecule has 1 saturated heterocycles. The summed E-state index contributed by atoms with van der Waals surface area (Å²) in [6.45, 7) is 0.755. The standard InChI is InChI=1S/C21H20O3/c1-2-9-18(10-3-1)23-20-11-5-4-8-17(20)16-19-12-14-21(24-19)13-6-7-15-22-21/h1-5,8-12,14,16H,6-7,13,15H2/b19-16+. The van der Waals surface area contributed by atoms with Gasteiger partial charge in [0.25, 0.3) is 0 Å². The van der Waals surface area contributed by atoms with Crippen molar-refractivity contribution < 1.29 is 14.2 Å². The predicted molar refractivity (Wildman–Crippen MR) is 93.7 cm³/mol. The van der Waals surface area contributed by atoms with E-state index in [0.717, 1.165) is 48.7 Å². The number of hydrogen-bond acceptors (Lipinski definition) is 3. The SMILES string of the molecule is C1=CC2(CCCCO2)O/C1=C/c1ccccc1Oc1ccccc1. The zero-order chi connectivity index (χ0) is 16.2. The lowest BCUT2D eigenvalue weighted by Crippen LogP contribution is -2.34. The van der Waals surface area contributed by atoms with Crippen molar-refractivity contribution in [3.05, 3.63) is 78.1 Å². The topological polar surface area (TPSA) is 27.7 Å². The lowest BCUT2D eigenvalue weighted by atomic mass is 10.1. The zero-order valence-electron chi connectivity index (χ0n) is 13.5. The Hall–Kier alpha value is -2.52. The van der Waals surface area contributed by atoms with Crippen LogP contribution in [0.1, 0.15) is 24.8 Å². The van der Waals surface area contributed by atoms with Gasteiger partial charge in [0, 0.05) is 12.0 Å². The maximum absolute atomic E-state index is 6.07. The third-order valence-corrected chi connectivity index (χ3v) is 4.25. The molecule has 1 fully saturated rings. The van der Waals surface area contributed by atoms with Crippen LogP contribution in [0.3, 0.4) is 0 Å². The second-order valence-corrected chi connectivity index (χ2v) is 6.05. The van der Waals surface area contributed by atoms with E-state index in [0.29, 0.717) is 0 Å². The van der Waals surface area contributed by atoms with Gasteiger partial charge in [0.2, 0.25) is 5.79 Å². The number of hydrogen-bond donors (Lipinski definition) is 0. The molecular formula is C21H20O3. The molecule has 3 heteroatoms. The van der Waals surface area contributed by atoms with Crippen molar-refractivity contribution in [1.29, 1.82) is 0 Å². The van der Waals surface area contributed by atoms with Crippen molar-refractivity contribution in [2.24, 2.45) is 0 Å². The molecule has 0 bridgehead atoms. The van der Waals surface area contributed by atoms with E-state index in [4.69, 9.17) is 14.2 Å². The summed E-state index contributed by atoms with van der Waals surface area (Å²) in [4.78, 5) is 0. The van der Waals surface area contributed by atoms with Crippen LogP contribution in [0.4, 0.5) is 0 Å². The lowest BCUT2D eigenvalue weighted by molar-refractivity contribution is -0.191. The van der Waals surface area contributed by atoms with E-state index in [9.17, 15) is 0 Å². The van der Waals surface area contributed by atoms with Crippen molar-refractivity contribution in [3.8, 4) is 11.5 Å². The van der Waals surface area contributed by atoms with Gasteiger partial charge in [0.05, 0.1) is 6.61 Å². The van der Waals surface area contributed by atoms with Crippen molar-refractivity contribution in [2.75, 3.05) is 6.61 Å². The van der Waals surface area contributed by atoms with Crippen LogP contribution in [-0.2, 0) is 9.47 Å². The number of para-hydroxylation sites is 2. The first kappa shape index (κ1) is 15.0. The number of ether oxygens (including phenoxy) is 3. The van der Waals surface area contributed by atoms with Crippen molar-refractivity contribution in [1.82, 2.24) is 0 Å². The van der Waals surface area contributed by atoms with E-state index >= 15 is 0 Å². The van der Waals surface area contributed by atoms with E-state index in [1.807, 2.05) is 72.8 Å². The summed E-state index contributed by atoms with van der Waals surface area (Å²) in [5.41, 5.74) is 0.980. The highest BCUT2D eigenvalue weighted by molar-refractivity contribution is 5.62. The maximum Gasteiger partial charge on any atom is 0.230 e. The second-order valence-electron chi connectivity index (χ2n) is 6.05. The molecule has 2 aromatic rings. The van der Waals surface area contributed by atoms with E-state index in [1.54, 1.807) is 0 Å². The maximum atomic E-state index is 6.07. The first-order valence-corrected chi connectivity index (χ1v) is 8.39. The fraction of sp³-hybridized carbons (Fsp3) is 0.238. The largest absolute Gasteiger partial charge is 0.459 e. The first-order chi connectivity index (χ1) is 11.8. The van der Waals surface area contributed by atoms with Crippen LogP contribution in [0, 0.1) is 0 Å². The molecule has 1 unspecified atom stereocenters. The van der Waals surface area contributed by atoms with Gasteiger partial charge in [-0.15, -0.1) is 0 Å². The van der Waals surface area contributed by atoms with Crippen molar-refractivity contribution in [2.45, 2.75) is 25.0 Å². The summed E-state index contributed by atoms with van der Waals surface area (Å²) >= 11 is 0. The second kappa shape index (κ2) is 6.54. The Kier molecular flexibility index (Phi) is 4.09. The summed E-state index contributed by atoms with van der Waals surface area (Å²) in [6, 6.07) is 17.7. The summed E-state index contributed by atoms with van der Waals surface area (Å²) in [7, 11) is 0. The fourth-order valence-electron chi connectivity index (χ4n) is 3.02. The third-order valence-electron chi connectivity index (χ3n) is 4.25. The molecule has 0 N–H and O–H groups in total. The highest BCUT2D eigenvalue weighted by atomic mass is 16.7. The Morgan fingerprint density at radius 1 is 0.958 bits per heavy atom. The van der Waals surface area contributed by atoms with Gasteiger partial charge in [0.15, 0.2) is 0 Å². The molecule has 122 valence electrons. The molecule has 2 heterocycles. The van der Waals surface area contributed by atoms with Crippen LogP contribution in [0.5, 0.6) is 11.5 Å². The Bertz CT molecular complexity index is 756. The minimum absolute atomic E-state index is 0.556. The summed E-state index contributed by atoms with van der Waals surface area (Å²) in [5, 5.41) is 0. The number of allylic oxidation sites excluding steroid dienone is 1. The Labute approximate surface area is 142 Å². The van der Waals surface area contributed by atoms with E-state index in [-0.39, 0.29) is 0 Å². The predicted octanol–water partition coefficient (Wildman–Crippen LogP) is 5.30. The highest BCUT2D eigenvalue weighted by Crippen LogP contribution is 2.36. The zero-order valence-corrected chi connectivity index (χ0v) is 13.5. The molecule has 2 aromatic carbocycles. The fourth-order valence-corrected chi connectivity index (χ4v) is 3.02. The van der Waals surface area contributed by atoms with Gasteiger partial charge >= 0.3 is 0 Å². The smallest absolute Gasteiger partial charge is 0.230 e. The first-order valence-electron chi connectivity index (χ1n) is 8.39. The lowest BCUT2D eigenvalue weighted by Gasteiger charge is -2.31. The van der Waals surface area contributed by atoms with E-state index in [2.05, 4.69) is 0 Å². The monoisotopic (exact) mass is 320 g/mol. The quantitative estimate of drug-likeness (QED) is 0.767. The van der Waals surface area contributed by atoms with E-state index < -0.39 is 5.79 Å². The molecule has 0 amide bonds. The summed E-state index contributed by atoms with van der Waals surface area (Å²) in [6.07, 6.45) is 9.16. The minimum atomic E-state index is -0.556. The molecule has 1 spiro atoms. The summed E-state index contributed by atoms with van der Waals surface area (Å²) in [5.74, 6) is 1.87. The van der Waals surface area contributed by atoms with Crippen LogP contribution in [0.25, 0.3) is 6.08 Å². The van der Waals surface area contributed by atoms with Crippen LogP contribution >= 0.6 is 0 Å². The van der Waals surface area contributed by atoms with Gasteiger partial charge in [-0.1, -0.05) is 36.4 Å². The van der Waals surface area contributed by atoms with Gasteiger partial charge < -0.3 is 14.2 Å². The Morgan fingerprint density at radius 2 is 1.79 bits per heavy atom. The average molecular weight is 320 g/mol. The number of rotatable bonds is 3. The highest BCUT2D eigenvalue weighted by Gasteiger charge is 2.36. The van der Waals surface area contributed by atoms with Crippen LogP contribution < -0.4 is 4.74 Å². The third kappa shape index (κ3) is 3.22. The molecule has 2 aliphatic rings. The molecule has 0 aliphatic carbocycles. The Balaban J connectivity index is 1.56. The molecule has 4 rings (SSSR count). The van der Waals surface area contributed by atoms with E-state index in [1.165, 1.54) is 0 Å². The molecule has 0 aromatic heterocycles. The molecule has 0 saturated carbocycles. The molecule has 2 aliphatic heterocycles. The normalized spacial score (nSPS) is 24.2. The van der Waals surface area contributed by atoms with Gasteiger partial charge in [-0.3, -0.25) is 0 Å². The average Bonchev–Trinajstić information content (AvgIpc) is 3.00. The van der Waals surface area contributed by atoms with Crippen molar-refractivity contribution >= 4 is 6.08 Å². The minimum Gasteiger partial charge on any atom is -0.459 e. The van der Waals surface area contributed by atoms with Gasteiger partial charge in [-0.05, 0) is 49.3 Å². The van der Waals surface area contributed by atoms with Crippen LogP contribution in [-0.4, -0.2) is 12.4 Å².